The molecule has 2 aromatic carbocycles. The Hall–Kier alpha value is -1.96. The van der Waals surface area contributed by atoms with Crippen LogP contribution in [0.2, 0.25) is 10.0 Å². The number of anilines is 2. The van der Waals surface area contributed by atoms with E-state index in [9.17, 15) is 13.2 Å². The van der Waals surface area contributed by atoms with Crippen molar-refractivity contribution < 1.29 is 13.2 Å². The average Bonchev–Trinajstić information content (AvgIpc) is 2.67. The number of hydrogen-bond donors (Lipinski definition) is 0. The van der Waals surface area contributed by atoms with Crippen molar-refractivity contribution in [1.82, 2.24) is 4.90 Å². The molecule has 1 amide bonds. The molecule has 0 aromatic heterocycles. The quantitative estimate of drug-likeness (QED) is 0.692. The molecule has 0 N–H and O–H groups in total. The molecule has 1 heterocycles. The lowest BCUT2D eigenvalue weighted by Crippen LogP contribution is -2.52. The van der Waals surface area contributed by atoms with Gasteiger partial charge in [-0.15, -0.1) is 0 Å². The molecule has 1 aliphatic rings. The number of amides is 1. The highest BCUT2D eigenvalue weighted by Gasteiger charge is 2.27. The summed E-state index contributed by atoms with van der Waals surface area (Å²) in [6, 6.07) is 12.2. The zero-order valence-electron chi connectivity index (χ0n) is 16.3. The lowest BCUT2D eigenvalue weighted by molar-refractivity contribution is -0.129. The second-order valence-electron chi connectivity index (χ2n) is 7.05. The molecular weight excluding hydrogens is 433 g/mol. The van der Waals surface area contributed by atoms with Gasteiger partial charge in [0.25, 0.3) is 0 Å². The van der Waals surface area contributed by atoms with Gasteiger partial charge in [0, 0.05) is 41.9 Å². The molecule has 1 fully saturated rings. The first-order valence-corrected chi connectivity index (χ1v) is 11.8. The summed E-state index contributed by atoms with van der Waals surface area (Å²) in [5, 5.41) is 1.09. The van der Waals surface area contributed by atoms with Gasteiger partial charge in [0.05, 0.1) is 11.9 Å². The van der Waals surface area contributed by atoms with Crippen LogP contribution in [-0.4, -0.2) is 58.2 Å². The predicted octanol–water partition coefficient (Wildman–Crippen LogP) is 3.42. The van der Waals surface area contributed by atoms with E-state index in [4.69, 9.17) is 23.2 Å². The lowest BCUT2D eigenvalue weighted by Gasteiger charge is -2.37. The van der Waals surface area contributed by atoms with Gasteiger partial charge in [-0.3, -0.25) is 9.10 Å². The highest BCUT2D eigenvalue weighted by Crippen LogP contribution is 2.26. The van der Waals surface area contributed by atoms with Gasteiger partial charge in [-0.25, -0.2) is 8.42 Å². The third-order valence-corrected chi connectivity index (χ3v) is 6.53. The molecule has 3 rings (SSSR count). The highest BCUT2D eigenvalue weighted by molar-refractivity contribution is 7.92. The summed E-state index contributed by atoms with van der Waals surface area (Å²) in [6.07, 6.45) is 1.08. The van der Waals surface area contributed by atoms with Crippen molar-refractivity contribution in [3.05, 3.63) is 58.1 Å². The van der Waals surface area contributed by atoms with E-state index in [2.05, 4.69) is 4.90 Å². The molecule has 1 aliphatic heterocycles. The molecule has 6 nitrogen and oxygen atoms in total. The number of rotatable bonds is 5. The Morgan fingerprint density at radius 3 is 2.31 bits per heavy atom. The maximum absolute atomic E-state index is 12.8. The van der Waals surface area contributed by atoms with Crippen LogP contribution in [0.5, 0.6) is 0 Å². The first-order chi connectivity index (χ1) is 13.6. The monoisotopic (exact) mass is 455 g/mol. The van der Waals surface area contributed by atoms with Crippen molar-refractivity contribution in [2.75, 3.05) is 48.2 Å². The normalized spacial score (nSPS) is 14.8. The minimum atomic E-state index is -3.63. The zero-order chi connectivity index (χ0) is 21.2. The van der Waals surface area contributed by atoms with Crippen molar-refractivity contribution in [3.8, 4) is 0 Å². The summed E-state index contributed by atoms with van der Waals surface area (Å²) in [5.41, 5.74) is 2.56. The standard InChI is InChI=1S/C20H23Cl2N3O3S/c1-15-6-7-17(22)13-19(15)23-8-10-24(11-9-23)20(26)14-25(29(2,27)28)18-5-3-4-16(21)12-18/h3-7,12-13H,8-11,14H2,1-2H3. The summed E-state index contributed by atoms with van der Waals surface area (Å²) in [6.45, 7) is 4.11. The van der Waals surface area contributed by atoms with Gasteiger partial charge in [0.15, 0.2) is 0 Å². The number of carbonyl (C=O) groups is 1. The van der Waals surface area contributed by atoms with E-state index in [-0.39, 0.29) is 12.5 Å². The molecule has 2 aromatic rings. The van der Waals surface area contributed by atoms with Crippen LogP contribution < -0.4 is 9.21 Å². The summed E-state index contributed by atoms with van der Waals surface area (Å²) in [5.74, 6) is -0.238. The number of halogens is 2. The Labute approximate surface area is 181 Å². The molecule has 9 heteroatoms. The van der Waals surface area contributed by atoms with Crippen molar-refractivity contribution in [2.45, 2.75) is 6.92 Å². The Balaban J connectivity index is 1.69. The average molecular weight is 456 g/mol. The SMILES string of the molecule is Cc1ccc(Cl)cc1N1CCN(C(=O)CN(c2cccc(Cl)c2)S(C)(=O)=O)CC1. The number of piperazine rings is 1. The van der Waals surface area contributed by atoms with Gasteiger partial charge < -0.3 is 9.80 Å². The number of hydrogen-bond acceptors (Lipinski definition) is 4. The van der Waals surface area contributed by atoms with Crippen LogP contribution in [0, 0.1) is 6.92 Å². The number of carbonyl (C=O) groups excluding carboxylic acids is 1. The smallest absolute Gasteiger partial charge is 0.243 e. The van der Waals surface area contributed by atoms with E-state index >= 15 is 0 Å². The van der Waals surface area contributed by atoms with Gasteiger partial charge in [0.1, 0.15) is 6.54 Å². The zero-order valence-corrected chi connectivity index (χ0v) is 18.6. The van der Waals surface area contributed by atoms with Crippen molar-refractivity contribution >= 4 is 50.5 Å². The number of sulfonamides is 1. The highest BCUT2D eigenvalue weighted by atomic mass is 35.5. The van der Waals surface area contributed by atoms with E-state index in [0.717, 1.165) is 21.8 Å². The number of nitrogens with zero attached hydrogens (tertiary/aromatic N) is 3. The van der Waals surface area contributed by atoms with Crippen LogP contribution in [0.25, 0.3) is 0 Å². The first-order valence-electron chi connectivity index (χ1n) is 9.17. The van der Waals surface area contributed by atoms with E-state index < -0.39 is 10.0 Å². The maximum Gasteiger partial charge on any atom is 0.243 e. The minimum absolute atomic E-state index is 0.238. The van der Waals surface area contributed by atoms with Gasteiger partial charge in [0.2, 0.25) is 15.9 Å². The summed E-state index contributed by atoms with van der Waals surface area (Å²) in [4.78, 5) is 16.7. The van der Waals surface area contributed by atoms with Crippen LogP contribution in [0.4, 0.5) is 11.4 Å². The van der Waals surface area contributed by atoms with E-state index in [1.165, 1.54) is 6.07 Å². The largest absolute Gasteiger partial charge is 0.368 e. The molecule has 156 valence electrons. The van der Waals surface area contributed by atoms with Crippen molar-refractivity contribution in [2.24, 2.45) is 0 Å². The van der Waals surface area contributed by atoms with Crippen LogP contribution in [0.3, 0.4) is 0 Å². The molecule has 0 aliphatic carbocycles. The maximum atomic E-state index is 12.8. The van der Waals surface area contributed by atoms with Crippen LogP contribution in [-0.2, 0) is 14.8 Å². The minimum Gasteiger partial charge on any atom is -0.368 e. The Morgan fingerprint density at radius 2 is 1.69 bits per heavy atom. The molecule has 1 saturated heterocycles. The third-order valence-electron chi connectivity index (χ3n) is 4.92. The van der Waals surface area contributed by atoms with Crippen molar-refractivity contribution in [3.63, 3.8) is 0 Å². The molecule has 0 radical (unpaired) electrons. The van der Waals surface area contributed by atoms with E-state index in [1.807, 2.05) is 25.1 Å². The van der Waals surface area contributed by atoms with E-state index in [0.29, 0.717) is 41.9 Å². The molecule has 0 unspecified atom stereocenters. The molecular formula is C20H23Cl2N3O3S. The molecule has 0 atom stereocenters. The third kappa shape index (κ3) is 5.35. The second kappa shape index (κ2) is 8.81. The van der Waals surface area contributed by atoms with Crippen LogP contribution >= 0.6 is 23.2 Å². The van der Waals surface area contributed by atoms with E-state index in [1.54, 1.807) is 23.1 Å². The summed E-state index contributed by atoms with van der Waals surface area (Å²) >= 11 is 12.1. The Kier molecular flexibility index (Phi) is 6.61. The van der Waals surface area contributed by atoms with Crippen LogP contribution in [0.15, 0.2) is 42.5 Å². The Bertz CT molecular complexity index is 1010. The predicted molar refractivity (Wildman–Crippen MR) is 119 cm³/mol. The Morgan fingerprint density at radius 1 is 1.03 bits per heavy atom. The second-order valence-corrected chi connectivity index (χ2v) is 9.83. The molecule has 29 heavy (non-hydrogen) atoms. The fraction of sp³-hybridized carbons (Fsp3) is 0.350. The van der Waals surface area contributed by atoms with Gasteiger partial charge in [-0.1, -0.05) is 35.3 Å². The topological polar surface area (TPSA) is 60.9 Å². The first kappa shape index (κ1) is 21.7. The van der Waals surface area contributed by atoms with Gasteiger partial charge in [-0.2, -0.15) is 0 Å². The van der Waals surface area contributed by atoms with Gasteiger partial charge >= 0.3 is 0 Å². The number of benzene rings is 2. The summed E-state index contributed by atoms with van der Waals surface area (Å²) in [7, 11) is -3.63. The van der Waals surface area contributed by atoms with Crippen LogP contribution in [0.1, 0.15) is 5.56 Å². The molecule has 0 saturated carbocycles. The number of aryl methyl sites for hydroxylation is 1. The lowest BCUT2D eigenvalue weighted by atomic mass is 10.1. The molecule has 0 bridgehead atoms. The fourth-order valence-corrected chi connectivity index (χ4v) is 4.57. The fourth-order valence-electron chi connectivity index (χ4n) is 3.37. The summed E-state index contributed by atoms with van der Waals surface area (Å²) < 4.78 is 25.6. The van der Waals surface area contributed by atoms with Gasteiger partial charge in [-0.05, 0) is 42.8 Å². The molecule has 0 spiro atoms. The van der Waals surface area contributed by atoms with Crippen molar-refractivity contribution in [1.29, 1.82) is 0 Å².